The molecule has 2 aromatic rings. The number of hydrogen-bond donors (Lipinski definition) is 2. The summed E-state index contributed by atoms with van der Waals surface area (Å²) in [7, 11) is 0. The van der Waals surface area contributed by atoms with E-state index in [1.165, 1.54) is 12.1 Å². The first-order chi connectivity index (χ1) is 12.5. The number of fused-ring (bicyclic) bond motifs is 1. The molecule has 2 heterocycles. The molecule has 2 aliphatic heterocycles. The van der Waals surface area contributed by atoms with Crippen molar-refractivity contribution >= 4 is 12.0 Å². The number of para-hydroxylation sites is 2. The Morgan fingerprint density at radius 1 is 1.08 bits per heavy atom. The van der Waals surface area contributed by atoms with Crippen molar-refractivity contribution in [3.63, 3.8) is 0 Å². The number of amides is 2. The molecule has 2 aliphatic rings. The summed E-state index contributed by atoms with van der Waals surface area (Å²) in [6, 6.07) is 13.7. The van der Waals surface area contributed by atoms with Gasteiger partial charge in [0.15, 0.2) is 11.5 Å². The molecular weight excluding hydrogens is 336 g/mol. The maximum atomic E-state index is 12.4. The van der Waals surface area contributed by atoms with Gasteiger partial charge in [0, 0.05) is 19.5 Å². The Kier molecular flexibility index (Phi) is 3.91. The first-order valence-electron chi connectivity index (χ1n) is 8.37. The largest absolute Gasteiger partial charge is 0.478 e. The van der Waals surface area contributed by atoms with Crippen LogP contribution < -0.4 is 14.8 Å². The summed E-state index contributed by atoms with van der Waals surface area (Å²) in [6.45, 7) is 1.22. The highest BCUT2D eigenvalue weighted by Gasteiger charge is 2.48. The molecule has 0 radical (unpaired) electrons. The van der Waals surface area contributed by atoms with Crippen LogP contribution in [0.3, 0.4) is 0 Å². The van der Waals surface area contributed by atoms with Crippen LogP contribution in [-0.4, -0.2) is 40.9 Å². The third kappa shape index (κ3) is 3.03. The zero-order valence-electron chi connectivity index (χ0n) is 14.0. The van der Waals surface area contributed by atoms with Gasteiger partial charge < -0.3 is 24.8 Å². The Hall–Kier alpha value is -3.22. The molecule has 0 unspecified atom stereocenters. The Morgan fingerprint density at radius 2 is 1.73 bits per heavy atom. The van der Waals surface area contributed by atoms with Crippen molar-refractivity contribution in [1.29, 1.82) is 0 Å². The summed E-state index contributed by atoms with van der Waals surface area (Å²) in [5.74, 6) is -0.369. The minimum absolute atomic E-state index is 0.202. The highest BCUT2D eigenvalue weighted by atomic mass is 16.7. The fourth-order valence-corrected chi connectivity index (χ4v) is 3.19. The van der Waals surface area contributed by atoms with E-state index in [1.807, 2.05) is 24.3 Å². The van der Waals surface area contributed by atoms with Gasteiger partial charge in [-0.2, -0.15) is 0 Å². The SMILES string of the molecule is O=C(O)c1ccc(CNC(=O)N2CCC3(C2)Oc2ccccc2O3)cc1. The second kappa shape index (κ2) is 6.25. The molecule has 1 spiro atoms. The summed E-state index contributed by atoms with van der Waals surface area (Å²) >= 11 is 0. The second-order valence-corrected chi connectivity index (χ2v) is 6.39. The number of carboxylic acids is 1. The molecular formula is C19H18N2O5. The van der Waals surface area contributed by atoms with Crippen molar-refractivity contribution in [3.05, 3.63) is 59.7 Å². The molecule has 1 fully saturated rings. The lowest BCUT2D eigenvalue weighted by Gasteiger charge is -2.23. The second-order valence-electron chi connectivity index (χ2n) is 6.39. The predicted octanol–water partition coefficient (Wildman–Crippen LogP) is 2.47. The average Bonchev–Trinajstić information content (AvgIpc) is 3.23. The molecule has 26 heavy (non-hydrogen) atoms. The van der Waals surface area contributed by atoms with Gasteiger partial charge in [-0.15, -0.1) is 0 Å². The number of aromatic carboxylic acids is 1. The van der Waals surface area contributed by atoms with Crippen LogP contribution >= 0.6 is 0 Å². The minimum atomic E-state index is -0.972. The quantitative estimate of drug-likeness (QED) is 0.884. The number of carboxylic acid groups (broad SMARTS) is 1. The van der Waals surface area contributed by atoms with E-state index in [-0.39, 0.29) is 11.6 Å². The van der Waals surface area contributed by atoms with Gasteiger partial charge >= 0.3 is 12.0 Å². The van der Waals surface area contributed by atoms with Crippen LogP contribution in [0.25, 0.3) is 0 Å². The molecule has 2 aromatic carbocycles. The summed E-state index contributed by atoms with van der Waals surface area (Å²) in [5.41, 5.74) is 1.05. The third-order valence-electron chi connectivity index (χ3n) is 4.57. The van der Waals surface area contributed by atoms with Gasteiger partial charge in [0.1, 0.15) is 0 Å². The number of benzene rings is 2. The van der Waals surface area contributed by atoms with E-state index < -0.39 is 11.8 Å². The van der Waals surface area contributed by atoms with E-state index >= 15 is 0 Å². The Bertz CT molecular complexity index is 824. The van der Waals surface area contributed by atoms with Crippen LogP contribution in [-0.2, 0) is 6.54 Å². The maximum Gasteiger partial charge on any atom is 0.335 e. The molecule has 1 saturated heterocycles. The first-order valence-corrected chi connectivity index (χ1v) is 8.37. The van der Waals surface area contributed by atoms with Gasteiger partial charge in [-0.1, -0.05) is 24.3 Å². The first kappa shape index (κ1) is 16.3. The average molecular weight is 354 g/mol. The molecule has 2 amide bonds. The molecule has 2 N–H and O–H groups in total. The Morgan fingerprint density at radius 3 is 2.35 bits per heavy atom. The van der Waals surface area contributed by atoms with Crippen molar-refractivity contribution in [2.24, 2.45) is 0 Å². The number of hydrogen-bond acceptors (Lipinski definition) is 4. The topological polar surface area (TPSA) is 88.1 Å². The van der Waals surface area contributed by atoms with E-state index in [0.29, 0.717) is 37.6 Å². The van der Waals surface area contributed by atoms with Gasteiger partial charge in [-0.3, -0.25) is 0 Å². The Labute approximate surface area is 150 Å². The van der Waals surface area contributed by atoms with Gasteiger partial charge in [-0.05, 0) is 29.8 Å². The Balaban J connectivity index is 1.33. The van der Waals surface area contributed by atoms with Crippen LogP contribution in [0.1, 0.15) is 22.3 Å². The molecule has 0 aromatic heterocycles. The fourth-order valence-electron chi connectivity index (χ4n) is 3.19. The molecule has 134 valence electrons. The summed E-state index contributed by atoms with van der Waals surface area (Å²) < 4.78 is 11.9. The summed E-state index contributed by atoms with van der Waals surface area (Å²) in [6.07, 6.45) is 0.600. The van der Waals surface area contributed by atoms with Crippen molar-refractivity contribution < 1.29 is 24.2 Å². The van der Waals surface area contributed by atoms with Crippen molar-refractivity contribution in [3.8, 4) is 11.5 Å². The van der Waals surface area contributed by atoms with Crippen LogP contribution in [0.15, 0.2) is 48.5 Å². The fraction of sp³-hybridized carbons (Fsp3) is 0.263. The number of likely N-dealkylation sites (tertiary alicyclic amines) is 1. The van der Waals surface area contributed by atoms with E-state index in [4.69, 9.17) is 14.6 Å². The number of nitrogens with zero attached hydrogens (tertiary/aromatic N) is 1. The lowest BCUT2D eigenvalue weighted by Crippen LogP contribution is -2.45. The van der Waals surface area contributed by atoms with Crippen molar-refractivity contribution in [2.75, 3.05) is 13.1 Å². The number of ether oxygens (including phenoxy) is 2. The van der Waals surface area contributed by atoms with Gasteiger partial charge in [0.05, 0.1) is 12.1 Å². The van der Waals surface area contributed by atoms with E-state index in [1.54, 1.807) is 17.0 Å². The highest BCUT2D eigenvalue weighted by Crippen LogP contribution is 2.42. The molecule has 0 saturated carbocycles. The molecule has 0 atom stereocenters. The van der Waals surface area contributed by atoms with Crippen LogP contribution in [0.2, 0.25) is 0 Å². The molecule has 0 bridgehead atoms. The molecule has 7 heteroatoms. The van der Waals surface area contributed by atoms with Gasteiger partial charge in [0.2, 0.25) is 0 Å². The summed E-state index contributed by atoms with van der Waals surface area (Å²) in [5, 5.41) is 11.7. The molecule has 0 aliphatic carbocycles. The van der Waals surface area contributed by atoms with Gasteiger partial charge in [-0.25, -0.2) is 9.59 Å². The van der Waals surface area contributed by atoms with Crippen molar-refractivity contribution in [2.45, 2.75) is 18.8 Å². The highest BCUT2D eigenvalue weighted by molar-refractivity contribution is 5.87. The van der Waals surface area contributed by atoms with Crippen molar-refractivity contribution in [1.82, 2.24) is 10.2 Å². The number of rotatable bonds is 3. The minimum Gasteiger partial charge on any atom is -0.478 e. The molecule has 7 nitrogen and oxygen atoms in total. The number of carbonyl (C=O) groups is 2. The summed E-state index contributed by atoms with van der Waals surface area (Å²) in [4.78, 5) is 24.9. The zero-order chi connectivity index (χ0) is 18.1. The zero-order valence-corrected chi connectivity index (χ0v) is 14.0. The lowest BCUT2D eigenvalue weighted by atomic mass is 10.1. The van der Waals surface area contributed by atoms with Crippen LogP contribution in [0, 0.1) is 0 Å². The maximum absolute atomic E-state index is 12.4. The monoisotopic (exact) mass is 354 g/mol. The number of urea groups is 1. The van der Waals surface area contributed by atoms with E-state index in [2.05, 4.69) is 5.32 Å². The normalized spacial score (nSPS) is 16.7. The third-order valence-corrected chi connectivity index (χ3v) is 4.57. The van der Waals surface area contributed by atoms with Crippen LogP contribution in [0.5, 0.6) is 11.5 Å². The van der Waals surface area contributed by atoms with E-state index in [0.717, 1.165) is 5.56 Å². The standard InChI is InChI=1S/C19H18N2O5/c22-17(23)14-7-5-13(6-8-14)11-20-18(24)21-10-9-19(12-21)25-15-3-1-2-4-16(15)26-19/h1-8H,9-12H2,(H,20,24)(H,22,23). The van der Waals surface area contributed by atoms with E-state index in [9.17, 15) is 9.59 Å². The predicted molar refractivity (Wildman–Crippen MR) is 92.3 cm³/mol. The number of carbonyl (C=O) groups excluding carboxylic acids is 1. The lowest BCUT2D eigenvalue weighted by molar-refractivity contribution is -0.0650. The van der Waals surface area contributed by atoms with Crippen LogP contribution in [0.4, 0.5) is 4.79 Å². The van der Waals surface area contributed by atoms with Gasteiger partial charge in [0.25, 0.3) is 5.79 Å². The smallest absolute Gasteiger partial charge is 0.335 e. The molecule has 4 rings (SSSR count). The number of nitrogens with one attached hydrogen (secondary N) is 1.